The second-order valence-electron chi connectivity index (χ2n) is 3.69. The van der Waals surface area contributed by atoms with E-state index in [4.69, 9.17) is 10.2 Å². The van der Waals surface area contributed by atoms with E-state index in [0.29, 0.717) is 12.4 Å². The number of oxazole rings is 1. The van der Waals surface area contributed by atoms with Crippen molar-refractivity contribution in [2.24, 2.45) is 5.73 Å². The molecule has 1 unspecified atom stereocenters. The van der Waals surface area contributed by atoms with Crippen molar-refractivity contribution in [3.8, 4) is 0 Å². The summed E-state index contributed by atoms with van der Waals surface area (Å²) in [5, 5.41) is 12.4. The van der Waals surface area contributed by atoms with E-state index in [0.717, 1.165) is 16.8 Å². The minimum atomic E-state index is -0.535. The fraction of sp³-hybridized carbons (Fsp3) is 0.364. The molecular formula is C11H15N3O2. The predicted octanol–water partition coefficient (Wildman–Crippen LogP) is 0.868. The van der Waals surface area contributed by atoms with Crippen molar-refractivity contribution in [2.45, 2.75) is 13.0 Å². The van der Waals surface area contributed by atoms with E-state index in [1.807, 2.05) is 25.1 Å². The number of aromatic nitrogens is 1. The zero-order valence-electron chi connectivity index (χ0n) is 9.10. The van der Waals surface area contributed by atoms with Crippen molar-refractivity contribution in [2.75, 3.05) is 18.4 Å². The molecule has 16 heavy (non-hydrogen) atoms. The van der Waals surface area contributed by atoms with E-state index in [2.05, 4.69) is 10.3 Å². The van der Waals surface area contributed by atoms with Crippen molar-refractivity contribution >= 4 is 16.8 Å². The molecule has 5 heteroatoms. The summed E-state index contributed by atoms with van der Waals surface area (Å²) >= 11 is 0. The molecule has 2 aromatic rings. The van der Waals surface area contributed by atoms with Crippen molar-refractivity contribution in [3.05, 3.63) is 24.1 Å². The average molecular weight is 221 g/mol. The number of anilines is 1. The third kappa shape index (κ3) is 2.32. The first-order valence-electron chi connectivity index (χ1n) is 5.18. The number of nitrogens with one attached hydrogen (secondary N) is 1. The number of nitrogens with two attached hydrogens (primary N) is 1. The van der Waals surface area contributed by atoms with Crippen molar-refractivity contribution in [3.63, 3.8) is 0 Å². The minimum absolute atomic E-state index is 0.247. The van der Waals surface area contributed by atoms with Crippen LogP contribution in [-0.4, -0.2) is 29.3 Å². The molecule has 0 aliphatic heterocycles. The smallest absolute Gasteiger partial charge is 0.192 e. The maximum Gasteiger partial charge on any atom is 0.192 e. The number of fused-ring (bicyclic) bond motifs is 1. The molecule has 2 rings (SSSR count). The zero-order valence-corrected chi connectivity index (χ0v) is 9.10. The number of hydrogen-bond acceptors (Lipinski definition) is 5. The lowest BCUT2D eigenvalue weighted by Crippen LogP contribution is -2.27. The van der Waals surface area contributed by atoms with Gasteiger partial charge in [-0.3, -0.25) is 0 Å². The van der Waals surface area contributed by atoms with Gasteiger partial charge in [-0.25, -0.2) is 4.98 Å². The third-order valence-electron chi connectivity index (χ3n) is 2.31. The molecule has 0 radical (unpaired) electrons. The topological polar surface area (TPSA) is 84.3 Å². The highest BCUT2D eigenvalue weighted by atomic mass is 16.3. The monoisotopic (exact) mass is 221 g/mol. The molecule has 0 aliphatic rings. The summed E-state index contributed by atoms with van der Waals surface area (Å²) in [6, 6.07) is 5.63. The van der Waals surface area contributed by atoms with Gasteiger partial charge >= 0.3 is 0 Å². The van der Waals surface area contributed by atoms with Crippen molar-refractivity contribution in [1.29, 1.82) is 0 Å². The average Bonchev–Trinajstić information content (AvgIpc) is 2.65. The van der Waals surface area contributed by atoms with E-state index in [9.17, 15) is 5.11 Å². The van der Waals surface area contributed by atoms with Gasteiger partial charge < -0.3 is 20.6 Å². The van der Waals surface area contributed by atoms with Gasteiger partial charge in [0.15, 0.2) is 11.5 Å². The van der Waals surface area contributed by atoms with Crippen LogP contribution in [0.25, 0.3) is 11.1 Å². The molecule has 0 amide bonds. The maximum absolute atomic E-state index is 9.31. The quantitative estimate of drug-likeness (QED) is 0.713. The number of rotatable bonds is 4. The molecule has 0 fully saturated rings. The second-order valence-corrected chi connectivity index (χ2v) is 3.69. The largest absolute Gasteiger partial charge is 0.441 e. The van der Waals surface area contributed by atoms with Crippen LogP contribution in [-0.2, 0) is 0 Å². The lowest BCUT2D eigenvalue weighted by Gasteiger charge is -2.09. The SMILES string of the molecule is Cc1nc2ccc(NCC(O)CN)cc2o1. The Morgan fingerprint density at radius 1 is 1.56 bits per heavy atom. The van der Waals surface area contributed by atoms with Crippen LogP contribution < -0.4 is 11.1 Å². The predicted molar refractivity (Wildman–Crippen MR) is 62.3 cm³/mol. The van der Waals surface area contributed by atoms with E-state index in [-0.39, 0.29) is 6.54 Å². The Morgan fingerprint density at radius 3 is 3.12 bits per heavy atom. The summed E-state index contributed by atoms with van der Waals surface area (Å²) in [5.41, 5.74) is 7.77. The molecule has 0 aliphatic carbocycles. The minimum Gasteiger partial charge on any atom is -0.441 e. The standard InChI is InChI=1S/C11H15N3O2/c1-7-14-10-3-2-8(4-11(10)16-7)13-6-9(15)5-12/h2-4,9,13,15H,5-6,12H2,1H3. The van der Waals surface area contributed by atoms with Gasteiger partial charge in [0.1, 0.15) is 5.52 Å². The third-order valence-corrected chi connectivity index (χ3v) is 2.31. The van der Waals surface area contributed by atoms with E-state index >= 15 is 0 Å². The van der Waals surface area contributed by atoms with Gasteiger partial charge in [-0.2, -0.15) is 0 Å². The molecule has 0 saturated heterocycles. The number of aryl methyl sites for hydroxylation is 1. The zero-order chi connectivity index (χ0) is 11.5. The van der Waals surface area contributed by atoms with Crippen LogP contribution in [0.15, 0.2) is 22.6 Å². The molecule has 0 bridgehead atoms. The first-order chi connectivity index (χ1) is 7.69. The highest BCUT2D eigenvalue weighted by Crippen LogP contribution is 2.19. The van der Waals surface area contributed by atoms with E-state index in [1.54, 1.807) is 0 Å². The van der Waals surface area contributed by atoms with Gasteiger partial charge in [0.05, 0.1) is 6.10 Å². The van der Waals surface area contributed by atoms with E-state index in [1.165, 1.54) is 0 Å². The van der Waals surface area contributed by atoms with Crippen LogP contribution in [0.3, 0.4) is 0 Å². The Bertz CT molecular complexity index is 481. The van der Waals surface area contributed by atoms with Crippen LogP contribution in [0.2, 0.25) is 0 Å². The fourth-order valence-corrected chi connectivity index (χ4v) is 1.47. The van der Waals surface area contributed by atoms with Gasteiger partial charge in [-0.05, 0) is 12.1 Å². The summed E-state index contributed by atoms with van der Waals surface area (Å²) in [6.45, 7) is 2.48. The highest BCUT2D eigenvalue weighted by Gasteiger charge is 2.04. The Balaban J connectivity index is 2.13. The summed E-state index contributed by atoms with van der Waals surface area (Å²) < 4.78 is 5.40. The lowest BCUT2D eigenvalue weighted by molar-refractivity contribution is 0.196. The summed E-state index contributed by atoms with van der Waals surface area (Å²) in [4.78, 5) is 4.20. The second kappa shape index (κ2) is 4.51. The Labute approximate surface area is 93.3 Å². The Hall–Kier alpha value is -1.59. The molecule has 1 aromatic heterocycles. The molecule has 4 N–H and O–H groups in total. The molecule has 1 aromatic carbocycles. The molecule has 0 spiro atoms. The molecule has 86 valence electrons. The van der Waals surface area contributed by atoms with Crippen LogP contribution >= 0.6 is 0 Å². The van der Waals surface area contributed by atoms with Crippen LogP contribution in [0.5, 0.6) is 0 Å². The molecule has 1 atom stereocenters. The van der Waals surface area contributed by atoms with Gasteiger partial charge in [-0.1, -0.05) is 0 Å². The number of benzene rings is 1. The summed E-state index contributed by atoms with van der Waals surface area (Å²) in [6.07, 6.45) is -0.535. The van der Waals surface area contributed by atoms with Gasteiger partial charge in [-0.15, -0.1) is 0 Å². The first-order valence-corrected chi connectivity index (χ1v) is 5.18. The normalized spacial score (nSPS) is 12.9. The fourth-order valence-electron chi connectivity index (χ4n) is 1.47. The molecular weight excluding hydrogens is 206 g/mol. The number of nitrogens with zero attached hydrogens (tertiary/aromatic N) is 1. The van der Waals surface area contributed by atoms with Crippen LogP contribution in [0, 0.1) is 6.92 Å². The molecule has 0 saturated carbocycles. The van der Waals surface area contributed by atoms with Gasteiger partial charge in [0, 0.05) is 31.8 Å². The van der Waals surface area contributed by atoms with Crippen molar-refractivity contribution < 1.29 is 9.52 Å². The van der Waals surface area contributed by atoms with E-state index < -0.39 is 6.10 Å². The number of aliphatic hydroxyl groups excluding tert-OH is 1. The highest BCUT2D eigenvalue weighted by molar-refractivity contribution is 5.77. The summed E-state index contributed by atoms with van der Waals surface area (Å²) in [7, 11) is 0. The van der Waals surface area contributed by atoms with Crippen LogP contribution in [0.1, 0.15) is 5.89 Å². The Morgan fingerprint density at radius 2 is 2.38 bits per heavy atom. The summed E-state index contributed by atoms with van der Waals surface area (Å²) in [5.74, 6) is 0.647. The lowest BCUT2D eigenvalue weighted by atomic mass is 10.2. The first kappa shape index (κ1) is 10.9. The van der Waals surface area contributed by atoms with Gasteiger partial charge in [0.25, 0.3) is 0 Å². The number of hydrogen-bond donors (Lipinski definition) is 3. The Kier molecular flexibility index (Phi) is 3.07. The van der Waals surface area contributed by atoms with Crippen LogP contribution in [0.4, 0.5) is 5.69 Å². The van der Waals surface area contributed by atoms with Gasteiger partial charge in [0.2, 0.25) is 0 Å². The number of aliphatic hydroxyl groups is 1. The molecule has 5 nitrogen and oxygen atoms in total. The molecule has 1 heterocycles. The van der Waals surface area contributed by atoms with Crippen molar-refractivity contribution in [1.82, 2.24) is 4.98 Å². The maximum atomic E-state index is 9.31.